The summed E-state index contributed by atoms with van der Waals surface area (Å²) in [5.41, 5.74) is -0.351. The molecular formula is C23H15N3O6. The highest BCUT2D eigenvalue weighted by molar-refractivity contribution is 5.92. The molecule has 0 spiro atoms. The second-order valence-corrected chi connectivity index (χ2v) is 6.87. The highest BCUT2D eigenvalue weighted by Gasteiger charge is 2.26. The highest BCUT2D eigenvalue weighted by atomic mass is 16.6. The Morgan fingerprint density at radius 1 is 0.844 bits per heavy atom. The number of non-ortho nitro benzene ring substituents is 2. The van der Waals surface area contributed by atoms with Gasteiger partial charge < -0.3 is 4.74 Å². The number of nitro benzene ring substituents is 2. The van der Waals surface area contributed by atoms with Gasteiger partial charge >= 0.3 is 5.97 Å². The smallest absolute Gasteiger partial charge is 0.339 e. The molecule has 1 aromatic heterocycles. The predicted octanol–water partition coefficient (Wildman–Crippen LogP) is 5.00. The van der Waals surface area contributed by atoms with Gasteiger partial charge in [-0.25, -0.2) is 4.79 Å². The lowest BCUT2D eigenvalue weighted by Crippen LogP contribution is -2.15. The zero-order valence-electron chi connectivity index (χ0n) is 16.5. The molecule has 1 heterocycles. The van der Waals surface area contributed by atoms with Crippen LogP contribution in [0.15, 0.2) is 85.1 Å². The summed E-state index contributed by atoms with van der Waals surface area (Å²) in [6, 6.07) is 20.9. The fourth-order valence-electron chi connectivity index (χ4n) is 3.36. The lowest BCUT2D eigenvalue weighted by atomic mass is 10.0. The van der Waals surface area contributed by atoms with Gasteiger partial charge in [0, 0.05) is 23.7 Å². The molecule has 0 aliphatic rings. The van der Waals surface area contributed by atoms with Crippen molar-refractivity contribution in [2.45, 2.75) is 6.10 Å². The van der Waals surface area contributed by atoms with Crippen molar-refractivity contribution >= 4 is 28.1 Å². The quantitative estimate of drug-likeness (QED) is 0.240. The first-order valence-corrected chi connectivity index (χ1v) is 9.47. The Hall–Kier alpha value is -4.66. The molecular weight excluding hydrogens is 414 g/mol. The molecule has 4 aromatic rings. The first kappa shape index (κ1) is 20.6. The number of aromatic nitrogens is 1. The average Bonchev–Trinajstić information content (AvgIpc) is 2.82. The van der Waals surface area contributed by atoms with Gasteiger partial charge in [0.2, 0.25) is 0 Å². The third-order valence-corrected chi connectivity index (χ3v) is 4.84. The number of hydrogen-bond acceptors (Lipinski definition) is 7. The van der Waals surface area contributed by atoms with E-state index in [9.17, 15) is 25.0 Å². The third-order valence-electron chi connectivity index (χ3n) is 4.84. The van der Waals surface area contributed by atoms with E-state index in [4.69, 9.17) is 4.74 Å². The van der Waals surface area contributed by atoms with Crippen molar-refractivity contribution in [2.24, 2.45) is 0 Å². The van der Waals surface area contributed by atoms with Gasteiger partial charge in [0.05, 0.1) is 27.2 Å². The van der Waals surface area contributed by atoms with Gasteiger partial charge in [-0.15, -0.1) is 0 Å². The Labute approximate surface area is 181 Å². The van der Waals surface area contributed by atoms with Crippen LogP contribution in [0, 0.1) is 20.2 Å². The number of nitrogens with zero attached hydrogens (tertiary/aromatic N) is 3. The van der Waals surface area contributed by atoms with E-state index in [1.54, 1.807) is 30.5 Å². The Kier molecular flexibility index (Phi) is 5.54. The summed E-state index contributed by atoms with van der Waals surface area (Å²) in [6.45, 7) is 0. The predicted molar refractivity (Wildman–Crippen MR) is 115 cm³/mol. The van der Waals surface area contributed by atoms with Crippen LogP contribution in [0.2, 0.25) is 0 Å². The largest absolute Gasteiger partial charge is 0.447 e. The lowest BCUT2D eigenvalue weighted by molar-refractivity contribution is -0.394. The normalized spacial score (nSPS) is 11.6. The molecule has 0 bridgehead atoms. The Balaban J connectivity index is 1.80. The van der Waals surface area contributed by atoms with Crippen LogP contribution in [-0.2, 0) is 4.74 Å². The molecule has 0 fully saturated rings. The van der Waals surface area contributed by atoms with Crippen LogP contribution in [0.25, 0.3) is 10.8 Å². The minimum atomic E-state index is -0.944. The zero-order valence-corrected chi connectivity index (χ0v) is 16.5. The fraction of sp³-hybridized carbons (Fsp3) is 0.0435. The van der Waals surface area contributed by atoms with Crippen LogP contribution in [0.1, 0.15) is 27.7 Å². The van der Waals surface area contributed by atoms with Crippen LogP contribution in [0.5, 0.6) is 0 Å². The minimum absolute atomic E-state index is 0.299. The topological polar surface area (TPSA) is 125 Å². The molecule has 0 amide bonds. The summed E-state index contributed by atoms with van der Waals surface area (Å²) >= 11 is 0. The number of fused-ring (bicyclic) bond motifs is 1. The number of rotatable bonds is 6. The summed E-state index contributed by atoms with van der Waals surface area (Å²) in [4.78, 5) is 38.2. The molecule has 0 aliphatic heterocycles. The van der Waals surface area contributed by atoms with E-state index in [0.29, 0.717) is 11.3 Å². The molecule has 0 saturated carbocycles. The van der Waals surface area contributed by atoms with Gasteiger partial charge in [-0.05, 0) is 17.0 Å². The molecule has 0 radical (unpaired) electrons. The van der Waals surface area contributed by atoms with Gasteiger partial charge in [0.15, 0.2) is 6.10 Å². The Morgan fingerprint density at radius 2 is 1.47 bits per heavy atom. The second kappa shape index (κ2) is 8.60. The standard InChI is InChI=1S/C23H15N3O6/c27-23(17-12-18(25(28)29)14-19(13-17)26(30)31)32-22(16-7-2-1-3-8-16)21-20-9-5-4-6-15(20)10-11-24-21/h1-14,22H/t22-/m1/s1. The Bertz CT molecular complexity index is 1300. The number of hydrogen-bond donors (Lipinski definition) is 0. The average molecular weight is 429 g/mol. The summed E-state index contributed by atoms with van der Waals surface area (Å²) in [5.74, 6) is -0.944. The first-order valence-electron chi connectivity index (χ1n) is 9.47. The van der Waals surface area contributed by atoms with Gasteiger partial charge in [-0.1, -0.05) is 54.6 Å². The summed E-state index contributed by atoms with van der Waals surface area (Å²) in [6.07, 6.45) is 0.660. The minimum Gasteiger partial charge on any atom is -0.447 e. The van der Waals surface area contributed by atoms with Crippen molar-refractivity contribution < 1.29 is 19.4 Å². The van der Waals surface area contributed by atoms with Crippen LogP contribution in [0.3, 0.4) is 0 Å². The van der Waals surface area contributed by atoms with E-state index in [2.05, 4.69) is 4.98 Å². The number of pyridine rings is 1. The zero-order chi connectivity index (χ0) is 22.7. The first-order chi connectivity index (χ1) is 15.4. The van der Waals surface area contributed by atoms with E-state index in [1.165, 1.54) is 0 Å². The molecule has 0 N–H and O–H groups in total. The van der Waals surface area contributed by atoms with E-state index in [-0.39, 0.29) is 5.56 Å². The molecule has 3 aromatic carbocycles. The maximum atomic E-state index is 13.0. The molecule has 158 valence electrons. The highest BCUT2D eigenvalue weighted by Crippen LogP contribution is 2.32. The molecule has 0 saturated heterocycles. The van der Waals surface area contributed by atoms with Crippen LogP contribution >= 0.6 is 0 Å². The van der Waals surface area contributed by atoms with Crippen LogP contribution in [0.4, 0.5) is 11.4 Å². The second-order valence-electron chi connectivity index (χ2n) is 6.87. The molecule has 0 aliphatic carbocycles. The number of benzene rings is 3. The summed E-state index contributed by atoms with van der Waals surface area (Å²) in [5, 5.41) is 24.0. The number of nitro groups is 2. The SMILES string of the molecule is O=C(O[C@H](c1ccccc1)c1nccc2ccccc12)c1cc([N+](=O)[O-])cc([N+](=O)[O-])c1. The number of ether oxygens (including phenoxy) is 1. The van der Waals surface area contributed by atoms with Crippen LogP contribution < -0.4 is 0 Å². The van der Waals surface area contributed by atoms with Gasteiger partial charge in [0.1, 0.15) is 0 Å². The third kappa shape index (κ3) is 4.12. The van der Waals surface area contributed by atoms with Gasteiger partial charge in [0.25, 0.3) is 11.4 Å². The van der Waals surface area contributed by atoms with Crippen molar-refractivity contribution in [3.05, 3.63) is 122 Å². The maximum absolute atomic E-state index is 13.0. The van der Waals surface area contributed by atoms with Crippen molar-refractivity contribution in [3.8, 4) is 0 Å². The number of esters is 1. The van der Waals surface area contributed by atoms with Gasteiger partial charge in [-0.2, -0.15) is 0 Å². The van der Waals surface area contributed by atoms with Crippen LogP contribution in [-0.4, -0.2) is 20.8 Å². The maximum Gasteiger partial charge on any atom is 0.339 e. The lowest BCUT2D eigenvalue weighted by Gasteiger charge is -2.19. The molecule has 4 rings (SSSR count). The molecule has 32 heavy (non-hydrogen) atoms. The fourth-order valence-corrected chi connectivity index (χ4v) is 3.36. The summed E-state index contributed by atoms with van der Waals surface area (Å²) in [7, 11) is 0. The Morgan fingerprint density at radius 3 is 2.12 bits per heavy atom. The monoisotopic (exact) mass is 429 g/mol. The van der Waals surface area contributed by atoms with Crippen molar-refractivity contribution in [3.63, 3.8) is 0 Å². The number of carbonyl (C=O) groups excluding carboxylic acids is 1. The van der Waals surface area contributed by atoms with E-state index in [0.717, 1.165) is 29.0 Å². The number of carbonyl (C=O) groups is 1. The van der Waals surface area contributed by atoms with E-state index < -0.39 is 33.3 Å². The molecule has 9 nitrogen and oxygen atoms in total. The molecule has 1 atom stereocenters. The van der Waals surface area contributed by atoms with E-state index in [1.807, 2.05) is 36.4 Å². The molecule has 9 heteroatoms. The van der Waals surface area contributed by atoms with Gasteiger partial charge in [-0.3, -0.25) is 25.2 Å². The summed E-state index contributed by atoms with van der Waals surface area (Å²) < 4.78 is 5.74. The molecule has 0 unspecified atom stereocenters. The van der Waals surface area contributed by atoms with Crippen molar-refractivity contribution in [2.75, 3.05) is 0 Å². The van der Waals surface area contributed by atoms with Crippen molar-refractivity contribution in [1.29, 1.82) is 0 Å². The van der Waals surface area contributed by atoms with E-state index >= 15 is 0 Å². The van der Waals surface area contributed by atoms with Crippen molar-refractivity contribution in [1.82, 2.24) is 4.98 Å².